The minimum absolute atomic E-state index is 0.00750. The Bertz CT molecular complexity index is 825. The normalized spacial score (nSPS) is 28.0. The number of rotatable bonds is 3. The number of amides is 2. The fourth-order valence-corrected chi connectivity index (χ4v) is 6.39. The van der Waals surface area contributed by atoms with Gasteiger partial charge in [0, 0.05) is 50.2 Å². The van der Waals surface area contributed by atoms with Crippen LogP contribution in [0.25, 0.3) is 0 Å². The first-order valence-corrected chi connectivity index (χ1v) is 13.3. The van der Waals surface area contributed by atoms with Crippen LogP contribution in [0.15, 0.2) is 0 Å². The Hall–Kier alpha value is -2.09. The number of ether oxygens (including phenoxy) is 1. The summed E-state index contributed by atoms with van der Waals surface area (Å²) in [5.41, 5.74) is 4.99. The predicted octanol–water partition coefficient (Wildman–Crippen LogP) is 2.64. The minimum atomic E-state index is -0.817. The largest absolute Gasteiger partial charge is 0.465 e. The van der Waals surface area contributed by atoms with Crippen LogP contribution in [-0.2, 0) is 4.74 Å². The molecule has 4 aliphatic heterocycles. The lowest BCUT2D eigenvalue weighted by atomic mass is 9.70. The van der Waals surface area contributed by atoms with Crippen LogP contribution in [-0.4, -0.2) is 114 Å². The quantitative estimate of drug-likeness (QED) is 0.598. The van der Waals surface area contributed by atoms with Gasteiger partial charge in [-0.2, -0.15) is 5.26 Å². The maximum Gasteiger partial charge on any atom is 0.410 e. The third kappa shape index (κ3) is 6.06. The monoisotopic (exact) mass is 506 g/mol. The van der Waals surface area contributed by atoms with Gasteiger partial charge in [0.15, 0.2) is 0 Å². The predicted molar refractivity (Wildman–Crippen MR) is 137 cm³/mol. The molecule has 204 valence electrons. The van der Waals surface area contributed by atoms with Crippen molar-refractivity contribution in [3.8, 4) is 6.07 Å². The standard InChI is InChI=1S/C15H25N3O2.C11H21N3O2/c1-14(2,3)20-13(19)18-10-15(9-16,11-18)12-7-5-6-8-17(12)4;1-13-5-3-2-4-9(13)11(6-12)7-14(8-11)10(15)16/h12H,5-8,10-11H2,1-4H3;9H,2-8,12H2,1H3,(H,15,16). The van der Waals surface area contributed by atoms with Crippen molar-refractivity contribution in [2.24, 2.45) is 16.6 Å². The van der Waals surface area contributed by atoms with E-state index in [2.05, 4.69) is 30.0 Å². The lowest BCUT2D eigenvalue weighted by Gasteiger charge is -2.56. The first-order chi connectivity index (χ1) is 16.9. The number of nitriles is 1. The molecule has 0 aliphatic carbocycles. The molecule has 4 rings (SSSR count). The molecule has 36 heavy (non-hydrogen) atoms. The molecule has 2 atom stereocenters. The summed E-state index contributed by atoms with van der Waals surface area (Å²) in [5, 5.41) is 18.5. The number of hydrogen-bond donors (Lipinski definition) is 2. The molecule has 0 aromatic rings. The van der Waals surface area contributed by atoms with E-state index < -0.39 is 17.1 Å². The number of hydrogen-bond acceptors (Lipinski definition) is 7. The van der Waals surface area contributed by atoms with Crippen molar-refractivity contribution in [2.75, 3.05) is 59.9 Å². The number of carbonyl (C=O) groups excluding carboxylic acids is 1. The van der Waals surface area contributed by atoms with Gasteiger partial charge in [0.1, 0.15) is 11.0 Å². The molecule has 0 saturated carbocycles. The number of nitrogens with two attached hydrogens (primary N) is 1. The molecule has 0 bridgehead atoms. The maximum absolute atomic E-state index is 12.0. The Kier molecular flexibility index (Phi) is 8.79. The molecule has 4 aliphatic rings. The SMILES string of the molecule is CN1CCCCC1C1(C#N)CN(C(=O)OC(C)(C)C)C1.CN1CCCCC1C1(CN)CN(C(=O)O)C1. The van der Waals surface area contributed by atoms with Crippen LogP contribution < -0.4 is 5.73 Å². The lowest BCUT2D eigenvalue weighted by Crippen LogP contribution is -2.69. The maximum atomic E-state index is 12.0. The van der Waals surface area contributed by atoms with Crippen LogP contribution in [0.1, 0.15) is 59.3 Å². The molecule has 4 fully saturated rings. The molecule has 0 radical (unpaired) electrons. The molecule has 3 N–H and O–H groups in total. The van der Waals surface area contributed by atoms with Crippen molar-refractivity contribution in [3.63, 3.8) is 0 Å². The van der Waals surface area contributed by atoms with E-state index in [9.17, 15) is 14.9 Å². The molecule has 4 heterocycles. The summed E-state index contributed by atoms with van der Waals surface area (Å²) in [4.78, 5) is 30.6. The van der Waals surface area contributed by atoms with Crippen LogP contribution in [0.3, 0.4) is 0 Å². The van der Waals surface area contributed by atoms with E-state index in [4.69, 9.17) is 15.6 Å². The van der Waals surface area contributed by atoms with E-state index in [0.29, 0.717) is 38.8 Å². The molecule has 10 heteroatoms. The van der Waals surface area contributed by atoms with Gasteiger partial charge in [-0.3, -0.25) is 0 Å². The van der Waals surface area contributed by atoms with Gasteiger partial charge in [-0.1, -0.05) is 12.8 Å². The van der Waals surface area contributed by atoms with Gasteiger partial charge in [0.25, 0.3) is 0 Å². The second-order valence-corrected chi connectivity index (χ2v) is 12.3. The zero-order chi connectivity index (χ0) is 26.7. The Morgan fingerprint density at radius 2 is 1.50 bits per heavy atom. The highest BCUT2D eigenvalue weighted by Gasteiger charge is 2.54. The van der Waals surface area contributed by atoms with E-state index in [0.717, 1.165) is 25.9 Å². The number of nitrogens with zero attached hydrogens (tertiary/aromatic N) is 5. The zero-order valence-corrected chi connectivity index (χ0v) is 22.8. The highest BCUT2D eigenvalue weighted by atomic mass is 16.6. The van der Waals surface area contributed by atoms with Crippen molar-refractivity contribution in [2.45, 2.75) is 77.0 Å². The second-order valence-electron chi connectivity index (χ2n) is 12.3. The van der Waals surface area contributed by atoms with Gasteiger partial charge in [0.05, 0.1) is 6.07 Å². The molecule has 2 amide bonds. The van der Waals surface area contributed by atoms with Gasteiger partial charge in [-0.25, -0.2) is 9.59 Å². The fourth-order valence-electron chi connectivity index (χ4n) is 6.39. The Labute approximate surface area is 216 Å². The van der Waals surface area contributed by atoms with Gasteiger partial charge in [0.2, 0.25) is 0 Å². The van der Waals surface area contributed by atoms with Crippen LogP contribution in [0.5, 0.6) is 0 Å². The number of likely N-dealkylation sites (tertiary alicyclic amines) is 4. The van der Waals surface area contributed by atoms with Crippen molar-refractivity contribution < 1.29 is 19.4 Å². The number of carbonyl (C=O) groups is 2. The average molecular weight is 507 g/mol. The van der Waals surface area contributed by atoms with E-state index in [1.165, 1.54) is 30.6 Å². The van der Waals surface area contributed by atoms with Gasteiger partial charge in [-0.05, 0) is 73.6 Å². The molecule has 2 unspecified atom stereocenters. The summed E-state index contributed by atoms with van der Waals surface area (Å²) in [6.07, 6.45) is 5.94. The van der Waals surface area contributed by atoms with Gasteiger partial charge < -0.3 is 35.2 Å². The minimum Gasteiger partial charge on any atom is -0.465 e. The Balaban J connectivity index is 0.000000205. The molecule has 0 spiro atoms. The third-order valence-corrected chi connectivity index (χ3v) is 8.39. The molecular weight excluding hydrogens is 460 g/mol. The highest BCUT2D eigenvalue weighted by molar-refractivity contribution is 5.70. The third-order valence-electron chi connectivity index (χ3n) is 8.39. The van der Waals surface area contributed by atoms with Crippen LogP contribution in [0.2, 0.25) is 0 Å². The molecular formula is C26H46N6O4. The van der Waals surface area contributed by atoms with Crippen molar-refractivity contribution in [3.05, 3.63) is 0 Å². The molecule has 10 nitrogen and oxygen atoms in total. The second kappa shape index (κ2) is 11.1. The number of piperidine rings is 2. The average Bonchev–Trinajstić information content (AvgIpc) is 2.74. The first kappa shape index (κ1) is 28.5. The molecule has 4 saturated heterocycles. The van der Waals surface area contributed by atoms with E-state index >= 15 is 0 Å². The van der Waals surface area contributed by atoms with Crippen molar-refractivity contribution in [1.29, 1.82) is 5.26 Å². The first-order valence-electron chi connectivity index (χ1n) is 13.3. The Morgan fingerprint density at radius 1 is 0.972 bits per heavy atom. The van der Waals surface area contributed by atoms with E-state index in [1.54, 1.807) is 4.90 Å². The summed E-state index contributed by atoms with van der Waals surface area (Å²) in [6.45, 7) is 10.5. The summed E-state index contributed by atoms with van der Waals surface area (Å²) in [6, 6.07) is 3.20. The summed E-state index contributed by atoms with van der Waals surface area (Å²) in [5.74, 6) is 0. The van der Waals surface area contributed by atoms with Crippen molar-refractivity contribution >= 4 is 12.2 Å². The van der Waals surface area contributed by atoms with Gasteiger partial charge in [-0.15, -0.1) is 0 Å². The van der Waals surface area contributed by atoms with E-state index in [1.807, 2.05) is 20.8 Å². The highest BCUT2D eigenvalue weighted by Crippen LogP contribution is 2.41. The summed E-state index contributed by atoms with van der Waals surface area (Å²) in [7, 11) is 4.21. The van der Waals surface area contributed by atoms with E-state index in [-0.39, 0.29) is 17.6 Å². The van der Waals surface area contributed by atoms with Gasteiger partial charge >= 0.3 is 12.2 Å². The molecule has 0 aromatic heterocycles. The fraction of sp³-hybridized carbons (Fsp3) is 0.885. The molecule has 0 aromatic carbocycles. The van der Waals surface area contributed by atoms with Crippen LogP contribution in [0, 0.1) is 22.2 Å². The summed E-state index contributed by atoms with van der Waals surface area (Å²) >= 11 is 0. The topological polar surface area (TPSA) is 126 Å². The number of carboxylic acid groups (broad SMARTS) is 1. The van der Waals surface area contributed by atoms with Crippen LogP contribution in [0.4, 0.5) is 9.59 Å². The smallest absolute Gasteiger partial charge is 0.410 e. The van der Waals surface area contributed by atoms with Crippen molar-refractivity contribution in [1.82, 2.24) is 19.6 Å². The van der Waals surface area contributed by atoms with Crippen LogP contribution >= 0.6 is 0 Å². The summed E-state index contributed by atoms with van der Waals surface area (Å²) < 4.78 is 5.36. The zero-order valence-electron chi connectivity index (χ0n) is 22.8. The Morgan fingerprint density at radius 3 is 1.92 bits per heavy atom. The lowest BCUT2D eigenvalue weighted by molar-refractivity contribution is -0.0554.